The fourth-order valence-corrected chi connectivity index (χ4v) is 2.42. The number of hydrogen-bond acceptors (Lipinski definition) is 4. The van der Waals surface area contributed by atoms with Gasteiger partial charge in [0.05, 0.1) is 11.4 Å². The first-order valence-corrected chi connectivity index (χ1v) is 6.19. The van der Waals surface area contributed by atoms with Crippen molar-refractivity contribution in [3.05, 3.63) is 18.2 Å². The summed E-state index contributed by atoms with van der Waals surface area (Å²) in [5.74, 6) is 0. The van der Waals surface area contributed by atoms with Crippen LogP contribution in [-0.2, 0) is 0 Å². The molecule has 0 atom stereocenters. The standard InChI is InChI=1S/C12H19BN2O2/c14-11-8-4-7-10(13(16)17)12(11)15-9-5-2-1-3-6-9/h4,7-9,15-17H,1-3,5-6,14H2. The van der Waals surface area contributed by atoms with E-state index in [0.717, 1.165) is 12.8 Å². The van der Waals surface area contributed by atoms with E-state index >= 15 is 0 Å². The van der Waals surface area contributed by atoms with Crippen LogP contribution in [-0.4, -0.2) is 23.2 Å². The third kappa shape index (κ3) is 2.93. The largest absolute Gasteiger partial charge is 0.490 e. The molecule has 0 radical (unpaired) electrons. The van der Waals surface area contributed by atoms with E-state index in [9.17, 15) is 10.0 Å². The second-order valence-corrected chi connectivity index (χ2v) is 4.66. The van der Waals surface area contributed by atoms with Crippen LogP contribution < -0.4 is 16.5 Å². The van der Waals surface area contributed by atoms with E-state index in [4.69, 9.17) is 5.73 Å². The summed E-state index contributed by atoms with van der Waals surface area (Å²) in [5.41, 5.74) is 7.59. The molecule has 5 N–H and O–H groups in total. The summed E-state index contributed by atoms with van der Waals surface area (Å²) in [6.45, 7) is 0. The van der Waals surface area contributed by atoms with Crippen molar-refractivity contribution < 1.29 is 10.0 Å². The van der Waals surface area contributed by atoms with Crippen LogP contribution in [0.3, 0.4) is 0 Å². The van der Waals surface area contributed by atoms with Crippen LogP contribution in [0, 0.1) is 0 Å². The zero-order chi connectivity index (χ0) is 12.3. The van der Waals surface area contributed by atoms with Gasteiger partial charge in [-0.1, -0.05) is 31.4 Å². The van der Waals surface area contributed by atoms with Gasteiger partial charge >= 0.3 is 7.12 Å². The average Bonchev–Trinajstić information content (AvgIpc) is 2.33. The van der Waals surface area contributed by atoms with E-state index in [2.05, 4.69) is 5.32 Å². The van der Waals surface area contributed by atoms with Crippen molar-refractivity contribution in [3.63, 3.8) is 0 Å². The second-order valence-electron chi connectivity index (χ2n) is 4.66. The van der Waals surface area contributed by atoms with E-state index in [-0.39, 0.29) is 0 Å². The number of nitrogens with two attached hydrogens (primary N) is 1. The minimum Gasteiger partial charge on any atom is -0.423 e. The van der Waals surface area contributed by atoms with Crippen LogP contribution in [0.1, 0.15) is 32.1 Å². The lowest BCUT2D eigenvalue weighted by Crippen LogP contribution is -2.35. The van der Waals surface area contributed by atoms with Gasteiger partial charge in [0.25, 0.3) is 0 Å². The Hall–Kier alpha value is -1.20. The maximum atomic E-state index is 9.32. The number of rotatable bonds is 3. The first kappa shape index (κ1) is 12.3. The lowest BCUT2D eigenvalue weighted by atomic mass is 9.78. The molecule has 1 aromatic carbocycles. The number of benzene rings is 1. The Morgan fingerprint density at radius 3 is 2.53 bits per heavy atom. The Labute approximate surface area is 102 Å². The summed E-state index contributed by atoms with van der Waals surface area (Å²) < 4.78 is 0. The summed E-state index contributed by atoms with van der Waals surface area (Å²) in [4.78, 5) is 0. The van der Waals surface area contributed by atoms with E-state index in [1.807, 2.05) is 0 Å². The molecule has 0 saturated heterocycles. The molecule has 0 amide bonds. The fourth-order valence-electron chi connectivity index (χ4n) is 2.42. The van der Waals surface area contributed by atoms with Crippen molar-refractivity contribution in [1.29, 1.82) is 0 Å². The quantitative estimate of drug-likeness (QED) is 0.458. The van der Waals surface area contributed by atoms with Gasteiger partial charge in [-0.2, -0.15) is 0 Å². The minimum absolute atomic E-state index is 0.394. The summed E-state index contributed by atoms with van der Waals surface area (Å²) in [6.07, 6.45) is 5.98. The molecular weight excluding hydrogens is 215 g/mol. The van der Waals surface area contributed by atoms with Crippen LogP contribution >= 0.6 is 0 Å². The minimum atomic E-state index is -1.48. The van der Waals surface area contributed by atoms with Crippen LogP contribution in [0.2, 0.25) is 0 Å². The molecule has 1 aliphatic carbocycles. The highest BCUT2D eigenvalue weighted by molar-refractivity contribution is 6.61. The van der Waals surface area contributed by atoms with Gasteiger partial charge in [0, 0.05) is 11.5 Å². The van der Waals surface area contributed by atoms with Crippen molar-refractivity contribution >= 4 is 24.0 Å². The van der Waals surface area contributed by atoms with E-state index < -0.39 is 7.12 Å². The maximum Gasteiger partial charge on any atom is 0.490 e. The van der Waals surface area contributed by atoms with E-state index in [1.165, 1.54) is 19.3 Å². The van der Waals surface area contributed by atoms with Crippen LogP contribution in [0.5, 0.6) is 0 Å². The maximum absolute atomic E-state index is 9.32. The summed E-state index contributed by atoms with van der Waals surface area (Å²) >= 11 is 0. The Morgan fingerprint density at radius 2 is 1.88 bits per heavy atom. The fraction of sp³-hybridized carbons (Fsp3) is 0.500. The number of nitrogen functional groups attached to an aromatic ring is 1. The van der Waals surface area contributed by atoms with Crippen molar-refractivity contribution in [3.8, 4) is 0 Å². The highest BCUT2D eigenvalue weighted by atomic mass is 16.4. The zero-order valence-electron chi connectivity index (χ0n) is 9.89. The summed E-state index contributed by atoms with van der Waals surface area (Å²) in [5, 5.41) is 22.0. The Bertz CT molecular complexity index is 379. The predicted octanol–water partition coefficient (Wildman–Crippen LogP) is 0.693. The van der Waals surface area contributed by atoms with Gasteiger partial charge in [-0.15, -0.1) is 0 Å². The number of hydrogen-bond donors (Lipinski definition) is 4. The summed E-state index contributed by atoms with van der Waals surface area (Å²) in [6, 6.07) is 5.59. The number of nitrogens with one attached hydrogen (secondary N) is 1. The first-order chi connectivity index (χ1) is 8.18. The molecule has 1 aromatic rings. The third-order valence-corrected chi connectivity index (χ3v) is 3.36. The average molecular weight is 234 g/mol. The lowest BCUT2D eigenvalue weighted by Gasteiger charge is -2.26. The molecule has 0 heterocycles. The monoisotopic (exact) mass is 234 g/mol. The lowest BCUT2D eigenvalue weighted by molar-refractivity contribution is 0.425. The number of para-hydroxylation sites is 1. The Balaban J connectivity index is 2.18. The van der Waals surface area contributed by atoms with Gasteiger partial charge in [0.1, 0.15) is 0 Å². The summed E-state index contributed by atoms with van der Waals surface area (Å²) in [7, 11) is -1.48. The molecule has 0 bridgehead atoms. The molecule has 5 heteroatoms. The third-order valence-electron chi connectivity index (χ3n) is 3.36. The molecule has 0 aromatic heterocycles. The van der Waals surface area contributed by atoms with E-state index in [1.54, 1.807) is 18.2 Å². The number of anilines is 2. The highest BCUT2D eigenvalue weighted by Gasteiger charge is 2.21. The van der Waals surface area contributed by atoms with Gasteiger partial charge in [-0.25, -0.2) is 0 Å². The molecule has 4 nitrogen and oxygen atoms in total. The SMILES string of the molecule is Nc1cccc(B(O)O)c1NC1CCCCC1. The highest BCUT2D eigenvalue weighted by Crippen LogP contribution is 2.23. The molecule has 0 spiro atoms. The van der Waals surface area contributed by atoms with Crippen molar-refractivity contribution in [2.24, 2.45) is 0 Å². The van der Waals surface area contributed by atoms with Crippen molar-refractivity contribution in [1.82, 2.24) is 0 Å². The molecule has 92 valence electrons. The van der Waals surface area contributed by atoms with Crippen LogP contribution in [0.25, 0.3) is 0 Å². The Kier molecular flexibility index (Phi) is 3.91. The first-order valence-electron chi connectivity index (χ1n) is 6.19. The molecule has 1 aliphatic rings. The van der Waals surface area contributed by atoms with Gasteiger partial charge in [0.2, 0.25) is 0 Å². The van der Waals surface area contributed by atoms with Crippen molar-refractivity contribution in [2.75, 3.05) is 11.1 Å². The molecule has 17 heavy (non-hydrogen) atoms. The zero-order valence-corrected chi connectivity index (χ0v) is 9.89. The van der Waals surface area contributed by atoms with Gasteiger partial charge < -0.3 is 21.1 Å². The molecule has 2 rings (SSSR count). The van der Waals surface area contributed by atoms with Crippen LogP contribution in [0.4, 0.5) is 11.4 Å². The molecular formula is C12H19BN2O2. The smallest absolute Gasteiger partial charge is 0.423 e. The predicted molar refractivity (Wildman–Crippen MR) is 71.2 cm³/mol. The molecule has 1 saturated carbocycles. The van der Waals surface area contributed by atoms with Crippen LogP contribution in [0.15, 0.2) is 18.2 Å². The van der Waals surface area contributed by atoms with Crippen molar-refractivity contribution in [2.45, 2.75) is 38.1 Å². The second kappa shape index (κ2) is 5.43. The van der Waals surface area contributed by atoms with Gasteiger partial charge in [-0.05, 0) is 18.9 Å². The topological polar surface area (TPSA) is 78.5 Å². The molecule has 0 unspecified atom stereocenters. The van der Waals surface area contributed by atoms with Gasteiger partial charge in [-0.3, -0.25) is 0 Å². The molecule has 0 aliphatic heterocycles. The normalized spacial score (nSPS) is 16.8. The van der Waals surface area contributed by atoms with E-state index in [0.29, 0.717) is 22.9 Å². The molecule has 1 fully saturated rings. The Morgan fingerprint density at radius 1 is 1.18 bits per heavy atom. The van der Waals surface area contributed by atoms with Gasteiger partial charge in [0.15, 0.2) is 0 Å².